The van der Waals surface area contributed by atoms with Crippen LogP contribution in [0.4, 0.5) is 0 Å². The second-order valence-electron chi connectivity index (χ2n) is 0.638. The molecule has 10 heavy (non-hydrogen) atoms. The molecule has 4 N–H and O–H groups in total. The van der Waals surface area contributed by atoms with Gasteiger partial charge in [-0.3, -0.25) is 0 Å². The van der Waals surface area contributed by atoms with Crippen molar-refractivity contribution in [3.05, 3.63) is 0 Å². The van der Waals surface area contributed by atoms with Crippen molar-refractivity contribution >= 4 is 58.3 Å². The summed E-state index contributed by atoms with van der Waals surface area (Å²) in [4.78, 5) is 0. The fourth-order valence-corrected chi connectivity index (χ4v) is 0. The Morgan fingerprint density at radius 1 is 1.00 bits per heavy atom. The molecule has 2 nitrogen and oxygen atoms in total. The van der Waals surface area contributed by atoms with Crippen molar-refractivity contribution in [2.75, 3.05) is 0 Å². The van der Waals surface area contributed by atoms with Crippen LogP contribution < -0.4 is 11.5 Å². The third-order valence-electron chi connectivity index (χ3n) is 0. The van der Waals surface area contributed by atoms with E-state index in [0.29, 0.717) is 0 Å². The SMILES string of the molecule is NC(=S)[S-].NC(=S)[S-].[Fe+2].[Fe]. The number of thiocarbonyl (C=S) groups is 2. The first-order valence-electron chi connectivity index (χ1n) is 1.39. The largest absolute Gasteiger partial charge is 2.00 e. The summed E-state index contributed by atoms with van der Waals surface area (Å²) in [6, 6.07) is 0. The van der Waals surface area contributed by atoms with Gasteiger partial charge in [0.15, 0.2) is 0 Å². The molecule has 8 heteroatoms. The molecular weight excluding hydrogens is 292 g/mol. The van der Waals surface area contributed by atoms with E-state index in [9.17, 15) is 0 Å². The third kappa shape index (κ3) is 398. The second kappa shape index (κ2) is 16.7. The van der Waals surface area contributed by atoms with E-state index in [1.165, 1.54) is 0 Å². The maximum atomic E-state index is 4.66. The molecule has 0 aromatic heterocycles. The molecule has 0 saturated heterocycles. The van der Waals surface area contributed by atoms with Crippen LogP contribution in [0.5, 0.6) is 0 Å². The van der Waals surface area contributed by atoms with Gasteiger partial charge in [0.05, 0.1) is 0 Å². The molecule has 0 unspecified atom stereocenters. The Bertz CT molecular complexity index is 77.3. The maximum Gasteiger partial charge on any atom is 2.00 e. The Kier molecular flexibility index (Phi) is 37.5. The van der Waals surface area contributed by atoms with Gasteiger partial charge in [-0.25, -0.2) is 0 Å². The molecule has 0 spiro atoms. The molecule has 0 aromatic carbocycles. The van der Waals surface area contributed by atoms with Crippen molar-refractivity contribution in [3.8, 4) is 0 Å². The minimum Gasteiger partial charge on any atom is -0.415 e. The summed E-state index contributed by atoms with van der Waals surface area (Å²) < 4.78 is 0.167. The summed E-state index contributed by atoms with van der Waals surface area (Å²) in [5.41, 5.74) is 9.31. The van der Waals surface area contributed by atoms with Gasteiger partial charge in [-0.2, -0.15) is 0 Å². The molecule has 0 aliphatic heterocycles. The van der Waals surface area contributed by atoms with Gasteiger partial charge in [0, 0.05) is 17.1 Å². The van der Waals surface area contributed by atoms with Crippen molar-refractivity contribution in [3.63, 3.8) is 0 Å². The first-order chi connectivity index (χ1) is 3.46. The number of hydrogen-bond donors (Lipinski definition) is 2. The molecule has 62 valence electrons. The van der Waals surface area contributed by atoms with Crippen LogP contribution in [0.2, 0.25) is 0 Å². The first kappa shape index (κ1) is 22.5. The van der Waals surface area contributed by atoms with Gasteiger partial charge in [-0.1, -0.05) is 8.64 Å². The maximum absolute atomic E-state index is 4.66. The van der Waals surface area contributed by atoms with E-state index in [0.717, 1.165) is 0 Å². The number of rotatable bonds is 0. The smallest absolute Gasteiger partial charge is 0.415 e. The van der Waals surface area contributed by atoms with Crippen molar-refractivity contribution in [1.82, 2.24) is 0 Å². The summed E-state index contributed by atoms with van der Waals surface area (Å²) in [6.45, 7) is 0. The molecule has 0 aliphatic rings. The van der Waals surface area contributed by atoms with Gasteiger partial charge in [-0.15, -0.1) is 0 Å². The Labute approximate surface area is 103 Å². The zero-order valence-electron chi connectivity index (χ0n) is 4.49. The zero-order valence-corrected chi connectivity index (χ0v) is 9.97. The van der Waals surface area contributed by atoms with Gasteiger partial charge in [0.25, 0.3) is 0 Å². The monoisotopic (exact) mass is 296 g/mol. The molecule has 0 saturated carbocycles. The van der Waals surface area contributed by atoms with Crippen LogP contribution in [0.1, 0.15) is 0 Å². The summed E-state index contributed by atoms with van der Waals surface area (Å²) in [6.07, 6.45) is 0. The normalized spacial score (nSPS) is 4.80. The van der Waals surface area contributed by atoms with Crippen LogP contribution in [0.15, 0.2) is 0 Å². The van der Waals surface area contributed by atoms with Crippen LogP contribution in [-0.2, 0) is 59.4 Å². The molecule has 0 amide bonds. The first-order valence-corrected chi connectivity index (χ1v) is 3.03. The quantitative estimate of drug-likeness (QED) is 0.359. The molecule has 0 aliphatic carbocycles. The summed E-state index contributed by atoms with van der Waals surface area (Å²) >= 11 is 16.5. The molecule has 0 rings (SSSR count). The Morgan fingerprint density at radius 3 is 1.00 bits per heavy atom. The zero-order chi connectivity index (χ0) is 7.15. The minimum atomic E-state index is 0. The summed E-state index contributed by atoms with van der Waals surface area (Å²) in [7, 11) is 0. The average molecular weight is 296 g/mol. The fraction of sp³-hybridized carbons (Fsp3) is 0. The van der Waals surface area contributed by atoms with Crippen LogP contribution in [-0.4, -0.2) is 8.64 Å². The summed E-state index contributed by atoms with van der Waals surface area (Å²) in [5.74, 6) is 0. The Morgan fingerprint density at radius 2 is 1.00 bits per heavy atom. The van der Waals surface area contributed by atoms with Crippen molar-refractivity contribution in [2.45, 2.75) is 0 Å². The molecule has 0 atom stereocenters. The predicted octanol–water partition coefficient (Wildman–Crippen LogP) is -0.451. The minimum absolute atomic E-state index is 0. The van der Waals surface area contributed by atoms with E-state index in [2.05, 4.69) is 61.2 Å². The van der Waals surface area contributed by atoms with Gasteiger partial charge in [-0.05, 0) is 0 Å². The van der Waals surface area contributed by atoms with Crippen molar-refractivity contribution in [2.24, 2.45) is 11.5 Å². The van der Waals surface area contributed by atoms with Gasteiger partial charge >= 0.3 is 17.1 Å². The van der Waals surface area contributed by atoms with Gasteiger partial charge in [0.1, 0.15) is 0 Å². The molecule has 0 heterocycles. The molecule has 0 bridgehead atoms. The molecule has 0 fully saturated rings. The average Bonchev–Trinajstić information content (AvgIpc) is 1.25. The van der Waals surface area contributed by atoms with Crippen LogP contribution in [0.25, 0.3) is 0 Å². The topological polar surface area (TPSA) is 52.0 Å². The Hall–Kier alpha value is 1.26. The van der Waals surface area contributed by atoms with Crippen molar-refractivity contribution < 1.29 is 34.1 Å². The van der Waals surface area contributed by atoms with Crippen LogP contribution in [0, 0.1) is 0 Å². The molecule has 0 aromatic rings. The number of nitrogens with two attached hydrogens (primary N) is 2. The summed E-state index contributed by atoms with van der Waals surface area (Å²) in [5, 5.41) is 0. The van der Waals surface area contributed by atoms with E-state index in [1.807, 2.05) is 0 Å². The molecular formula is C2H4Fe2N2S4. The van der Waals surface area contributed by atoms with Gasteiger partial charge < -0.3 is 61.2 Å². The Balaban J connectivity index is -0.0000000300. The molecule has 0 radical (unpaired) electrons. The predicted molar refractivity (Wildman–Crippen MR) is 48.3 cm³/mol. The van der Waals surface area contributed by atoms with E-state index in [-0.39, 0.29) is 42.8 Å². The second-order valence-corrected chi connectivity index (χ2v) is 2.91. The van der Waals surface area contributed by atoms with E-state index in [1.54, 1.807) is 0 Å². The van der Waals surface area contributed by atoms with E-state index in [4.69, 9.17) is 0 Å². The van der Waals surface area contributed by atoms with Crippen molar-refractivity contribution in [1.29, 1.82) is 0 Å². The third-order valence-corrected chi connectivity index (χ3v) is 0. The number of hydrogen-bond acceptors (Lipinski definition) is 4. The van der Waals surface area contributed by atoms with Gasteiger partial charge in [0.2, 0.25) is 0 Å². The van der Waals surface area contributed by atoms with Crippen LogP contribution in [0.3, 0.4) is 0 Å². The fourth-order valence-electron chi connectivity index (χ4n) is 0. The van der Waals surface area contributed by atoms with E-state index < -0.39 is 0 Å². The standard InChI is InChI=1S/2CH3NS2.2Fe/c2*2-1(3)4;;/h2*(H3,2,3,4);;/q;;;+2/p-2. The van der Waals surface area contributed by atoms with Crippen LogP contribution >= 0.6 is 24.4 Å². The van der Waals surface area contributed by atoms with E-state index >= 15 is 0 Å².